The van der Waals surface area contributed by atoms with E-state index < -0.39 is 0 Å². The molecule has 3 N–H and O–H groups in total. The molecule has 0 radical (unpaired) electrons. The molecular formula is C19H23N3O3. The van der Waals surface area contributed by atoms with Gasteiger partial charge >= 0.3 is 0 Å². The Morgan fingerprint density at radius 1 is 1.08 bits per heavy atom. The third-order valence-corrected chi connectivity index (χ3v) is 3.66. The first kappa shape index (κ1) is 18.5. The molecule has 0 aliphatic carbocycles. The van der Waals surface area contributed by atoms with Gasteiger partial charge in [-0.1, -0.05) is 24.3 Å². The fraction of sp³-hybridized carbons (Fsp3) is 0.263. The van der Waals surface area contributed by atoms with Crippen LogP contribution in [-0.2, 0) is 17.9 Å². The Morgan fingerprint density at radius 3 is 2.44 bits per heavy atom. The molecule has 6 heteroatoms. The summed E-state index contributed by atoms with van der Waals surface area (Å²) in [6.07, 6.45) is 0. The summed E-state index contributed by atoms with van der Waals surface area (Å²) in [7, 11) is 3.36. The predicted octanol–water partition coefficient (Wildman–Crippen LogP) is 1.54. The minimum Gasteiger partial charge on any atom is -0.484 e. The number of carbonyl (C=O) groups is 2. The second-order valence-corrected chi connectivity index (χ2v) is 5.81. The SMILES string of the molecule is CN(C)C(=O)COc1cccc(CNC(=O)c2ccc(CN)cc2)c1. The van der Waals surface area contributed by atoms with Crippen molar-refractivity contribution in [3.63, 3.8) is 0 Å². The Balaban J connectivity index is 1.90. The van der Waals surface area contributed by atoms with E-state index in [1.807, 2.05) is 24.3 Å². The lowest BCUT2D eigenvalue weighted by molar-refractivity contribution is -0.130. The molecule has 0 unspecified atom stereocenters. The van der Waals surface area contributed by atoms with Crippen LogP contribution in [0.25, 0.3) is 0 Å². The summed E-state index contributed by atoms with van der Waals surface area (Å²) in [6.45, 7) is 0.803. The zero-order valence-electron chi connectivity index (χ0n) is 14.5. The largest absolute Gasteiger partial charge is 0.484 e. The van der Waals surface area contributed by atoms with Crippen molar-refractivity contribution in [2.45, 2.75) is 13.1 Å². The number of amides is 2. The van der Waals surface area contributed by atoms with Crippen LogP contribution in [0.2, 0.25) is 0 Å². The zero-order valence-corrected chi connectivity index (χ0v) is 14.5. The second-order valence-electron chi connectivity index (χ2n) is 5.81. The van der Waals surface area contributed by atoms with Crippen molar-refractivity contribution in [1.29, 1.82) is 0 Å². The van der Waals surface area contributed by atoms with Gasteiger partial charge in [-0.05, 0) is 35.4 Å². The molecule has 0 aromatic heterocycles. The molecule has 0 aliphatic heterocycles. The van der Waals surface area contributed by atoms with Crippen molar-refractivity contribution >= 4 is 11.8 Å². The van der Waals surface area contributed by atoms with Crippen LogP contribution in [0.4, 0.5) is 0 Å². The number of likely N-dealkylation sites (N-methyl/N-ethyl adjacent to an activating group) is 1. The molecule has 0 fully saturated rings. The summed E-state index contributed by atoms with van der Waals surface area (Å²) in [5.74, 6) is 0.326. The summed E-state index contributed by atoms with van der Waals surface area (Å²) in [6, 6.07) is 14.5. The van der Waals surface area contributed by atoms with Crippen molar-refractivity contribution < 1.29 is 14.3 Å². The first-order chi connectivity index (χ1) is 12.0. The highest BCUT2D eigenvalue weighted by atomic mass is 16.5. The Hall–Kier alpha value is -2.86. The smallest absolute Gasteiger partial charge is 0.259 e. The summed E-state index contributed by atoms with van der Waals surface area (Å²) in [5, 5.41) is 2.86. The lowest BCUT2D eigenvalue weighted by Gasteiger charge is -2.12. The first-order valence-electron chi connectivity index (χ1n) is 7.98. The first-order valence-corrected chi connectivity index (χ1v) is 7.98. The van der Waals surface area contributed by atoms with E-state index in [-0.39, 0.29) is 18.4 Å². The molecule has 0 spiro atoms. The summed E-state index contributed by atoms with van der Waals surface area (Å²) in [4.78, 5) is 25.2. The average Bonchev–Trinajstić information content (AvgIpc) is 2.64. The van der Waals surface area contributed by atoms with Crippen LogP contribution in [0, 0.1) is 0 Å². The number of nitrogens with one attached hydrogen (secondary N) is 1. The van der Waals surface area contributed by atoms with E-state index in [0.717, 1.165) is 11.1 Å². The van der Waals surface area contributed by atoms with Crippen LogP contribution >= 0.6 is 0 Å². The van der Waals surface area contributed by atoms with Crippen LogP contribution < -0.4 is 15.8 Å². The third-order valence-electron chi connectivity index (χ3n) is 3.66. The van der Waals surface area contributed by atoms with Crippen LogP contribution in [0.5, 0.6) is 5.75 Å². The fourth-order valence-electron chi connectivity index (χ4n) is 2.10. The maximum atomic E-state index is 12.2. The molecule has 25 heavy (non-hydrogen) atoms. The van der Waals surface area contributed by atoms with Gasteiger partial charge in [-0.3, -0.25) is 9.59 Å². The Bertz CT molecular complexity index is 727. The van der Waals surface area contributed by atoms with Gasteiger partial charge in [0, 0.05) is 32.7 Å². The maximum absolute atomic E-state index is 12.2. The molecule has 0 atom stereocenters. The van der Waals surface area contributed by atoms with Gasteiger partial charge in [-0.2, -0.15) is 0 Å². The predicted molar refractivity (Wildman–Crippen MR) is 96.1 cm³/mol. The molecule has 2 rings (SSSR count). The highest BCUT2D eigenvalue weighted by Crippen LogP contribution is 2.13. The molecule has 0 heterocycles. The van der Waals surface area contributed by atoms with Crippen molar-refractivity contribution in [3.8, 4) is 5.75 Å². The van der Waals surface area contributed by atoms with E-state index >= 15 is 0 Å². The summed E-state index contributed by atoms with van der Waals surface area (Å²) >= 11 is 0. The third kappa shape index (κ3) is 5.61. The maximum Gasteiger partial charge on any atom is 0.259 e. The summed E-state index contributed by atoms with van der Waals surface area (Å²) in [5.41, 5.74) is 8.00. The second kappa shape index (κ2) is 8.84. The fourth-order valence-corrected chi connectivity index (χ4v) is 2.10. The molecule has 0 aliphatic rings. The topological polar surface area (TPSA) is 84.7 Å². The highest BCUT2D eigenvalue weighted by Gasteiger charge is 2.07. The number of hydrogen-bond acceptors (Lipinski definition) is 4. The highest BCUT2D eigenvalue weighted by molar-refractivity contribution is 5.94. The van der Waals surface area contributed by atoms with Gasteiger partial charge in [0.05, 0.1) is 0 Å². The number of carbonyl (C=O) groups excluding carboxylic acids is 2. The van der Waals surface area contributed by atoms with Crippen LogP contribution in [-0.4, -0.2) is 37.4 Å². The minimum absolute atomic E-state index is 0.0176. The molecule has 0 saturated carbocycles. The normalized spacial score (nSPS) is 10.2. The van der Waals surface area contributed by atoms with E-state index in [0.29, 0.717) is 24.4 Å². The molecule has 2 aromatic rings. The average molecular weight is 341 g/mol. The Morgan fingerprint density at radius 2 is 1.80 bits per heavy atom. The number of rotatable bonds is 7. The number of hydrogen-bond donors (Lipinski definition) is 2. The van der Waals surface area contributed by atoms with Crippen molar-refractivity contribution in [2.24, 2.45) is 5.73 Å². The quantitative estimate of drug-likeness (QED) is 0.800. The van der Waals surface area contributed by atoms with Crippen molar-refractivity contribution in [1.82, 2.24) is 10.2 Å². The molecule has 132 valence electrons. The van der Waals surface area contributed by atoms with E-state index in [9.17, 15) is 9.59 Å². The number of ether oxygens (including phenoxy) is 1. The monoisotopic (exact) mass is 341 g/mol. The number of nitrogens with zero attached hydrogens (tertiary/aromatic N) is 1. The van der Waals surface area contributed by atoms with Gasteiger partial charge in [0.15, 0.2) is 6.61 Å². The number of nitrogens with two attached hydrogens (primary N) is 1. The Labute approximate surface area is 147 Å². The van der Waals surface area contributed by atoms with Gasteiger partial charge in [-0.25, -0.2) is 0 Å². The summed E-state index contributed by atoms with van der Waals surface area (Å²) < 4.78 is 5.47. The van der Waals surface area contributed by atoms with Gasteiger partial charge in [0.25, 0.3) is 11.8 Å². The van der Waals surface area contributed by atoms with Crippen molar-refractivity contribution in [2.75, 3.05) is 20.7 Å². The van der Waals surface area contributed by atoms with Gasteiger partial charge in [0.1, 0.15) is 5.75 Å². The van der Waals surface area contributed by atoms with E-state index in [2.05, 4.69) is 5.32 Å². The zero-order chi connectivity index (χ0) is 18.2. The lowest BCUT2D eigenvalue weighted by atomic mass is 10.1. The van der Waals surface area contributed by atoms with Crippen LogP contribution in [0.15, 0.2) is 48.5 Å². The molecule has 2 aromatic carbocycles. The molecule has 0 saturated heterocycles. The molecule has 0 bridgehead atoms. The van der Waals surface area contributed by atoms with E-state index in [1.54, 1.807) is 38.4 Å². The van der Waals surface area contributed by atoms with Crippen molar-refractivity contribution in [3.05, 3.63) is 65.2 Å². The van der Waals surface area contributed by atoms with Gasteiger partial charge in [0.2, 0.25) is 0 Å². The molecular weight excluding hydrogens is 318 g/mol. The molecule has 2 amide bonds. The van der Waals surface area contributed by atoms with Gasteiger partial charge < -0.3 is 20.7 Å². The van der Waals surface area contributed by atoms with E-state index in [4.69, 9.17) is 10.5 Å². The molecule has 6 nitrogen and oxygen atoms in total. The number of benzene rings is 2. The van der Waals surface area contributed by atoms with Crippen LogP contribution in [0.3, 0.4) is 0 Å². The van der Waals surface area contributed by atoms with Crippen LogP contribution in [0.1, 0.15) is 21.5 Å². The van der Waals surface area contributed by atoms with Gasteiger partial charge in [-0.15, -0.1) is 0 Å². The lowest BCUT2D eigenvalue weighted by Crippen LogP contribution is -2.27. The standard InChI is InChI=1S/C19H23N3O3/c1-22(2)18(23)13-25-17-5-3-4-15(10-17)12-21-19(24)16-8-6-14(11-20)7-9-16/h3-10H,11-13,20H2,1-2H3,(H,21,24). The Kier molecular flexibility index (Phi) is 6.54. The minimum atomic E-state index is -0.155. The van der Waals surface area contributed by atoms with E-state index in [1.165, 1.54) is 4.90 Å².